The fraction of sp³-hybridized carbons (Fsp3) is 0.571. The van der Waals surface area contributed by atoms with Crippen molar-refractivity contribution in [1.82, 2.24) is 4.31 Å². The fourth-order valence-electron chi connectivity index (χ4n) is 1.97. The molecule has 0 amide bonds. The molecule has 0 heterocycles. The van der Waals surface area contributed by atoms with Gasteiger partial charge in [0.1, 0.15) is 0 Å². The smallest absolute Gasteiger partial charge is 0.243 e. The number of nitrogens with two attached hydrogens (primary N) is 1. The van der Waals surface area contributed by atoms with Crippen LogP contribution >= 0.6 is 0 Å². The van der Waals surface area contributed by atoms with Crippen molar-refractivity contribution in [3.8, 4) is 0 Å². The monoisotopic (exact) mass is 284 g/mol. The molecule has 0 radical (unpaired) electrons. The summed E-state index contributed by atoms with van der Waals surface area (Å²) in [6, 6.07) is 3.54. The van der Waals surface area contributed by atoms with Crippen LogP contribution < -0.4 is 5.73 Å². The van der Waals surface area contributed by atoms with Gasteiger partial charge in [-0.2, -0.15) is 4.31 Å². The Morgan fingerprint density at radius 3 is 2.21 bits per heavy atom. The van der Waals surface area contributed by atoms with E-state index >= 15 is 0 Å². The van der Waals surface area contributed by atoms with E-state index in [2.05, 4.69) is 0 Å². The van der Waals surface area contributed by atoms with Gasteiger partial charge >= 0.3 is 0 Å². The average molecular weight is 284 g/mol. The highest BCUT2D eigenvalue weighted by molar-refractivity contribution is 7.89. The van der Waals surface area contributed by atoms with Gasteiger partial charge < -0.3 is 5.73 Å². The first kappa shape index (κ1) is 16.0. The SMILES string of the molecule is CCc1cc(N)c(CC)c(S(=O)(=O)N(C)C(C)C)c1. The van der Waals surface area contributed by atoms with Crippen LogP contribution in [-0.4, -0.2) is 25.8 Å². The Morgan fingerprint density at radius 1 is 1.21 bits per heavy atom. The van der Waals surface area contributed by atoms with E-state index in [1.54, 1.807) is 13.1 Å². The standard InChI is InChI=1S/C14H24N2O2S/c1-6-11-8-13(15)12(7-2)14(9-11)19(17,18)16(5)10(3)4/h8-10H,6-7,15H2,1-5H3. The highest BCUT2D eigenvalue weighted by Gasteiger charge is 2.26. The van der Waals surface area contributed by atoms with Crippen molar-refractivity contribution in [1.29, 1.82) is 0 Å². The summed E-state index contributed by atoms with van der Waals surface area (Å²) in [4.78, 5) is 0.350. The minimum atomic E-state index is -3.48. The molecule has 0 spiro atoms. The first-order chi connectivity index (χ1) is 8.75. The van der Waals surface area contributed by atoms with Crippen LogP contribution in [-0.2, 0) is 22.9 Å². The molecule has 0 aliphatic rings. The molecule has 1 aromatic carbocycles. The molecule has 0 fully saturated rings. The summed E-state index contributed by atoms with van der Waals surface area (Å²) in [6.07, 6.45) is 1.37. The predicted octanol–water partition coefficient (Wildman–Crippen LogP) is 2.42. The Labute approximate surface area is 116 Å². The molecular weight excluding hydrogens is 260 g/mol. The molecule has 1 aromatic rings. The first-order valence-electron chi connectivity index (χ1n) is 6.64. The second-order valence-electron chi connectivity index (χ2n) is 4.98. The van der Waals surface area contributed by atoms with Crippen molar-refractivity contribution in [3.63, 3.8) is 0 Å². The van der Waals surface area contributed by atoms with Gasteiger partial charge in [0.05, 0.1) is 4.90 Å². The quantitative estimate of drug-likeness (QED) is 0.845. The molecule has 0 aliphatic heterocycles. The second kappa shape index (κ2) is 5.92. The summed E-state index contributed by atoms with van der Waals surface area (Å²) < 4.78 is 26.7. The lowest BCUT2D eigenvalue weighted by atomic mass is 10.1. The molecule has 108 valence electrons. The minimum absolute atomic E-state index is 0.0822. The maximum atomic E-state index is 12.6. The number of hydrogen-bond acceptors (Lipinski definition) is 3. The number of aryl methyl sites for hydroxylation is 1. The molecule has 19 heavy (non-hydrogen) atoms. The third kappa shape index (κ3) is 3.09. The van der Waals surface area contributed by atoms with Crippen LogP contribution in [0.3, 0.4) is 0 Å². The summed E-state index contributed by atoms with van der Waals surface area (Å²) in [5.41, 5.74) is 8.23. The molecular formula is C14H24N2O2S. The zero-order valence-corrected chi connectivity index (χ0v) is 13.2. The third-order valence-electron chi connectivity index (χ3n) is 3.45. The number of hydrogen-bond donors (Lipinski definition) is 1. The lowest BCUT2D eigenvalue weighted by Crippen LogP contribution is -2.33. The molecule has 4 nitrogen and oxygen atoms in total. The van der Waals surface area contributed by atoms with Crippen molar-refractivity contribution < 1.29 is 8.42 Å². The Bertz CT molecular complexity index is 551. The second-order valence-corrected chi connectivity index (χ2v) is 6.95. The van der Waals surface area contributed by atoms with Crippen LogP contribution in [0.5, 0.6) is 0 Å². The minimum Gasteiger partial charge on any atom is -0.398 e. The largest absolute Gasteiger partial charge is 0.398 e. The highest BCUT2D eigenvalue weighted by Crippen LogP contribution is 2.28. The molecule has 1 rings (SSSR count). The molecule has 5 heteroatoms. The van der Waals surface area contributed by atoms with Gasteiger partial charge in [0.2, 0.25) is 10.0 Å². The van der Waals surface area contributed by atoms with Crippen LogP contribution in [0.25, 0.3) is 0 Å². The van der Waals surface area contributed by atoms with Gasteiger partial charge in [-0.3, -0.25) is 0 Å². The first-order valence-corrected chi connectivity index (χ1v) is 8.08. The topological polar surface area (TPSA) is 63.4 Å². The Morgan fingerprint density at radius 2 is 1.79 bits per heavy atom. The van der Waals surface area contributed by atoms with Crippen molar-refractivity contribution >= 4 is 15.7 Å². The van der Waals surface area contributed by atoms with Crippen LogP contribution in [0, 0.1) is 0 Å². The molecule has 0 unspecified atom stereocenters. The Kier molecular flexibility index (Phi) is 4.98. The van der Waals surface area contributed by atoms with E-state index in [4.69, 9.17) is 5.73 Å². The van der Waals surface area contributed by atoms with E-state index in [0.717, 1.165) is 12.0 Å². The van der Waals surface area contributed by atoms with Crippen molar-refractivity contribution in [2.24, 2.45) is 0 Å². The Balaban J connectivity index is 3.52. The van der Waals surface area contributed by atoms with Crippen LogP contribution in [0.1, 0.15) is 38.8 Å². The predicted molar refractivity (Wildman–Crippen MR) is 79.7 cm³/mol. The zero-order chi connectivity index (χ0) is 14.8. The van der Waals surface area contributed by atoms with Gasteiger partial charge in [0.15, 0.2) is 0 Å². The van der Waals surface area contributed by atoms with Gasteiger partial charge in [-0.25, -0.2) is 8.42 Å². The van der Waals surface area contributed by atoms with Crippen LogP contribution in [0.15, 0.2) is 17.0 Å². The number of anilines is 1. The van der Waals surface area contributed by atoms with Gasteiger partial charge in [0.25, 0.3) is 0 Å². The van der Waals surface area contributed by atoms with E-state index in [0.29, 0.717) is 22.6 Å². The fourth-order valence-corrected chi connectivity index (χ4v) is 3.71. The maximum absolute atomic E-state index is 12.6. The van der Waals surface area contributed by atoms with E-state index in [-0.39, 0.29) is 6.04 Å². The third-order valence-corrected chi connectivity index (χ3v) is 5.55. The van der Waals surface area contributed by atoms with Crippen molar-refractivity contribution in [2.45, 2.75) is 51.5 Å². The molecule has 0 saturated heterocycles. The lowest BCUT2D eigenvalue weighted by molar-refractivity contribution is 0.410. The van der Waals surface area contributed by atoms with Gasteiger partial charge in [-0.15, -0.1) is 0 Å². The number of rotatable bonds is 5. The van der Waals surface area contributed by atoms with E-state index < -0.39 is 10.0 Å². The van der Waals surface area contributed by atoms with Crippen molar-refractivity contribution in [3.05, 3.63) is 23.3 Å². The lowest BCUT2D eigenvalue weighted by Gasteiger charge is -2.23. The number of nitrogen functional groups attached to an aromatic ring is 1. The summed E-state index contributed by atoms with van der Waals surface area (Å²) in [6.45, 7) is 7.63. The molecule has 0 atom stereocenters. The van der Waals surface area contributed by atoms with E-state index in [1.807, 2.05) is 33.8 Å². The normalized spacial score (nSPS) is 12.4. The summed E-state index contributed by atoms with van der Waals surface area (Å²) in [5.74, 6) is 0. The maximum Gasteiger partial charge on any atom is 0.243 e. The van der Waals surface area contributed by atoms with Gasteiger partial charge in [0, 0.05) is 18.8 Å². The molecule has 0 aliphatic carbocycles. The number of benzene rings is 1. The summed E-state index contributed by atoms with van der Waals surface area (Å²) in [5, 5.41) is 0. The number of nitrogens with zero attached hydrogens (tertiary/aromatic N) is 1. The van der Waals surface area contributed by atoms with Crippen LogP contribution in [0.2, 0.25) is 0 Å². The van der Waals surface area contributed by atoms with E-state index in [9.17, 15) is 8.42 Å². The number of sulfonamides is 1. The summed E-state index contributed by atoms with van der Waals surface area (Å²) >= 11 is 0. The van der Waals surface area contributed by atoms with E-state index in [1.165, 1.54) is 4.31 Å². The van der Waals surface area contributed by atoms with Gasteiger partial charge in [-0.1, -0.05) is 13.8 Å². The van der Waals surface area contributed by atoms with Gasteiger partial charge in [-0.05, 0) is 49.9 Å². The zero-order valence-electron chi connectivity index (χ0n) is 12.4. The highest BCUT2D eigenvalue weighted by atomic mass is 32.2. The van der Waals surface area contributed by atoms with Crippen LogP contribution in [0.4, 0.5) is 5.69 Å². The molecule has 0 aromatic heterocycles. The average Bonchev–Trinajstić information content (AvgIpc) is 2.36. The molecule has 2 N–H and O–H groups in total. The molecule has 0 saturated carbocycles. The Hall–Kier alpha value is -1.07. The molecule has 0 bridgehead atoms. The van der Waals surface area contributed by atoms with Crippen molar-refractivity contribution in [2.75, 3.05) is 12.8 Å². The summed E-state index contributed by atoms with van der Waals surface area (Å²) in [7, 11) is -1.88.